The van der Waals surface area contributed by atoms with Crippen LogP contribution in [0.3, 0.4) is 0 Å². The van der Waals surface area contributed by atoms with Crippen LogP contribution in [0.5, 0.6) is 0 Å². The van der Waals surface area contributed by atoms with Crippen molar-refractivity contribution in [2.45, 2.75) is 80.1 Å². The molecular weight excluding hydrogens is 825 g/mol. The molecule has 0 fully saturated rings. The molecule has 69 heavy (non-hydrogen) atoms. The zero-order valence-corrected chi connectivity index (χ0v) is 40.6. The summed E-state index contributed by atoms with van der Waals surface area (Å²) in [4.78, 5) is 0. The molecule has 0 unspecified atom stereocenters. The predicted octanol–water partition coefficient (Wildman–Crippen LogP) is 7.97. The molecule has 324 valence electrons. The molecule has 16 rings (SSSR count). The van der Waals surface area contributed by atoms with Crippen molar-refractivity contribution in [2.75, 3.05) is 0 Å². The quantitative estimate of drug-likeness (QED) is 0.107. The number of rotatable bonds is 0. The molecule has 0 aliphatic carbocycles. The molecule has 0 saturated carbocycles. The third-order valence-electron chi connectivity index (χ3n) is 19.2. The average molecular weight is 877 g/mol. The summed E-state index contributed by atoms with van der Waals surface area (Å²) < 4.78 is 0. The second-order valence-electron chi connectivity index (χ2n) is 22.1. The largest absolute Gasteiger partial charge is 0.243 e. The van der Waals surface area contributed by atoms with E-state index in [0.717, 1.165) is 38.5 Å². The Morgan fingerprint density at radius 2 is 0.464 bits per heavy atom. The maximum atomic E-state index is 2.55. The number of benzene rings is 10. The van der Waals surface area contributed by atoms with E-state index in [-0.39, 0.29) is 20.1 Å². The lowest BCUT2D eigenvalue weighted by molar-refractivity contribution is 1.13. The Hall–Kier alpha value is -6.83. The van der Waals surface area contributed by atoms with Crippen molar-refractivity contribution >= 4 is 102 Å². The Morgan fingerprint density at radius 1 is 0.232 bits per heavy atom. The van der Waals surface area contributed by atoms with Gasteiger partial charge in [-0.2, -0.15) is 0 Å². The topological polar surface area (TPSA) is 0 Å². The van der Waals surface area contributed by atoms with Gasteiger partial charge in [-0.25, -0.2) is 0 Å². The van der Waals surface area contributed by atoms with E-state index >= 15 is 0 Å². The Labute approximate surface area is 407 Å². The van der Waals surface area contributed by atoms with Crippen molar-refractivity contribution in [1.82, 2.24) is 0 Å². The lowest BCUT2D eigenvalue weighted by Gasteiger charge is -2.39. The molecule has 10 aromatic carbocycles. The fourth-order valence-electron chi connectivity index (χ4n) is 16.5. The molecule has 0 saturated heterocycles. The number of hydrogen-bond acceptors (Lipinski definition) is 0. The van der Waals surface area contributed by atoms with Crippen LogP contribution in [0.15, 0.2) is 127 Å². The van der Waals surface area contributed by atoms with Gasteiger partial charge in [0, 0.05) is 0 Å². The van der Waals surface area contributed by atoms with Crippen LogP contribution in [0, 0.1) is 41.5 Å². The third-order valence-corrected chi connectivity index (χ3v) is 19.2. The van der Waals surface area contributed by atoms with Crippen LogP contribution in [0.2, 0.25) is 0 Å². The summed E-state index contributed by atoms with van der Waals surface area (Å²) >= 11 is 0. The Bertz CT molecular complexity index is 4110. The van der Waals surface area contributed by atoms with Crippen molar-refractivity contribution in [1.29, 1.82) is 0 Å². The molecule has 10 aromatic rings. The first-order valence-electron chi connectivity index (χ1n) is 25.8. The van der Waals surface area contributed by atoms with Gasteiger partial charge in [-0.1, -0.05) is 177 Å². The fraction of sp³-hybridized carbons (Fsp3) is 0.182. The van der Waals surface area contributed by atoms with E-state index in [1.165, 1.54) is 132 Å². The van der Waals surface area contributed by atoms with Gasteiger partial charge in [0.15, 0.2) is 0 Å². The van der Waals surface area contributed by atoms with E-state index in [9.17, 15) is 0 Å². The third kappa shape index (κ3) is 4.76. The van der Waals surface area contributed by atoms with Crippen LogP contribution in [-0.2, 0) is 38.5 Å². The molecule has 0 radical (unpaired) electrons. The van der Waals surface area contributed by atoms with Gasteiger partial charge in [0.1, 0.15) is 0 Å². The second kappa shape index (κ2) is 13.5. The van der Waals surface area contributed by atoms with E-state index in [1.807, 2.05) is 0 Å². The minimum atomic E-state index is 0.220. The van der Waals surface area contributed by atoms with Crippen molar-refractivity contribution in [2.24, 2.45) is 0 Å². The number of fused-ring (bicyclic) bond motifs is 18. The minimum absolute atomic E-state index is 0.220. The highest BCUT2D eigenvalue weighted by Gasteiger charge is 2.44. The maximum absolute atomic E-state index is 2.55. The summed E-state index contributed by atoms with van der Waals surface area (Å²) in [7, 11) is 0. The van der Waals surface area contributed by atoms with Crippen LogP contribution in [-0.4, -0.2) is 20.1 Å². The first-order valence-corrected chi connectivity index (χ1v) is 25.8. The van der Waals surface area contributed by atoms with Crippen molar-refractivity contribution in [3.05, 3.63) is 228 Å². The standard InChI is InChI=1S/C66H51B3/c1-34-49-31-46-22-13-19-43-28-40-16-7-10-25-52(40)67(64(43)46)61(49)37(4)58-55(34)56-35(2)50-32-47-23-14-20-44-29-41-17-8-11-26-53(41)68(65(44)47)62(50)38(5)59(56)60-39(6)63-51(36(3)57(58)60)33-48-24-15-21-45-30-42-18-9-12-27-54(42)69(63)66(45)48/h7-27H,28-33H2,1-6H3. The molecule has 0 spiro atoms. The lowest BCUT2D eigenvalue weighted by atomic mass is 9.29. The SMILES string of the molecule is Cc1c2c(c(C)c3c1c1c(C)c4c(c(C)c1c1c(C)c5c(c(C)c31)Cc1cccc3c1B5c1ccccc1C3)B1c3ccccc3Cc3cccc(c31)C4)B1c3ccccc3Cc3cccc(c31)C2. The minimum Gasteiger partial charge on any atom is -0.0667 e. The van der Waals surface area contributed by atoms with Gasteiger partial charge < -0.3 is 0 Å². The van der Waals surface area contributed by atoms with Crippen LogP contribution in [0.1, 0.15) is 100 Å². The summed E-state index contributed by atoms with van der Waals surface area (Å²) in [6.45, 7) is 15.9. The summed E-state index contributed by atoms with van der Waals surface area (Å²) in [6.07, 6.45) is 6.00. The molecule has 3 heteroatoms. The van der Waals surface area contributed by atoms with Gasteiger partial charge in [0.25, 0.3) is 0 Å². The Morgan fingerprint density at radius 3 is 0.754 bits per heavy atom. The lowest BCUT2D eigenvalue weighted by Crippen LogP contribution is -2.62. The van der Waals surface area contributed by atoms with Crippen molar-refractivity contribution in [3.63, 3.8) is 0 Å². The number of aryl methyl sites for hydroxylation is 6. The molecule has 0 amide bonds. The van der Waals surface area contributed by atoms with Crippen molar-refractivity contribution in [3.8, 4) is 0 Å². The Kier molecular flexibility index (Phi) is 7.63. The molecule has 0 N–H and O–H groups in total. The van der Waals surface area contributed by atoms with Crippen molar-refractivity contribution < 1.29 is 0 Å². The monoisotopic (exact) mass is 876 g/mol. The predicted molar refractivity (Wildman–Crippen MR) is 297 cm³/mol. The smallest absolute Gasteiger partial charge is 0.0667 e. The molecule has 0 atom stereocenters. The molecule has 6 aliphatic rings. The van der Waals surface area contributed by atoms with Crippen LogP contribution < -0.4 is 49.2 Å². The fourth-order valence-corrected chi connectivity index (χ4v) is 16.5. The van der Waals surface area contributed by atoms with E-state index in [2.05, 4.69) is 169 Å². The molecule has 0 aromatic heterocycles. The first-order chi connectivity index (χ1) is 33.8. The van der Waals surface area contributed by atoms with E-state index < -0.39 is 0 Å². The second-order valence-corrected chi connectivity index (χ2v) is 22.1. The Balaban J connectivity index is 1.12. The summed E-state index contributed by atoms with van der Waals surface area (Å²) in [5, 5.41) is 9.04. The van der Waals surface area contributed by atoms with Crippen LogP contribution in [0.25, 0.3) is 32.3 Å². The highest BCUT2D eigenvalue weighted by Crippen LogP contribution is 2.47. The molecule has 0 nitrogen and oxygen atoms in total. The molecule has 6 aliphatic heterocycles. The molecule has 0 bridgehead atoms. The molecular formula is C66H51B3. The van der Waals surface area contributed by atoms with Gasteiger partial charge in [0.05, 0.1) is 0 Å². The van der Waals surface area contributed by atoms with Crippen LogP contribution >= 0.6 is 0 Å². The van der Waals surface area contributed by atoms with Gasteiger partial charge in [-0.15, -0.1) is 0 Å². The summed E-state index contributed by atoms with van der Waals surface area (Å²) in [5.74, 6) is 0. The van der Waals surface area contributed by atoms with E-state index in [0.29, 0.717) is 0 Å². The van der Waals surface area contributed by atoms with Gasteiger partial charge in [0.2, 0.25) is 20.1 Å². The molecule has 6 heterocycles. The van der Waals surface area contributed by atoms with Gasteiger partial charge in [-0.3, -0.25) is 0 Å². The maximum Gasteiger partial charge on any atom is 0.243 e. The summed E-state index contributed by atoms with van der Waals surface area (Å²) in [6, 6.07) is 49.9. The van der Waals surface area contributed by atoms with E-state index in [4.69, 9.17) is 0 Å². The highest BCUT2D eigenvalue weighted by molar-refractivity contribution is 6.99. The highest BCUT2D eigenvalue weighted by atomic mass is 14.4. The van der Waals surface area contributed by atoms with Gasteiger partial charge in [-0.05, 0) is 213 Å². The normalized spacial score (nSPS) is 15.0. The first kappa shape index (κ1) is 39.1. The van der Waals surface area contributed by atoms with E-state index in [1.54, 1.807) is 49.5 Å². The zero-order valence-electron chi connectivity index (χ0n) is 40.6. The van der Waals surface area contributed by atoms with Gasteiger partial charge >= 0.3 is 0 Å². The van der Waals surface area contributed by atoms with Crippen LogP contribution in [0.4, 0.5) is 0 Å². The number of hydrogen-bond donors (Lipinski definition) is 0. The summed E-state index contributed by atoms with van der Waals surface area (Å²) in [5.41, 5.74) is 41.2. The zero-order chi connectivity index (χ0) is 45.9. The average Bonchev–Trinajstić information content (AvgIpc) is 3.37.